The molecule has 4 rings (SSSR count). The van der Waals surface area contributed by atoms with Crippen LogP contribution in [0.25, 0.3) is 21.9 Å². The first kappa shape index (κ1) is 16.6. The maximum Gasteiger partial charge on any atom is 0.310 e. The van der Waals surface area contributed by atoms with Gasteiger partial charge in [0.05, 0.1) is 17.0 Å². The molecule has 1 heterocycles. The number of pyridine rings is 1. The van der Waals surface area contributed by atoms with Gasteiger partial charge in [-0.25, -0.2) is 0 Å². The molecule has 0 atom stereocenters. The van der Waals surface area contributed by atoms with E-state index in [2.05, 4.69) is 11.1 Å². The highest BCUT2D eigenvalue weighted by Gasteiger charge is 2.50. The van der Waals surface area contributed by atoms with Crippen LogP contribution in [0.4, 0.5) is 0 Å². The summed E-state index contributed by atoms with van der Waals surface area (Å²) in [5.74, 6) is -0.141. The predicted octanol–water partition coefficient (Wildman–Crippen LogP) is 4.73. The number of carbonyl (C=O) groups is 1. The summed E-state index contributed by atoms with van der Waals surface area (Å²) in [5, 5.41) is 20.7. The minimum Gasteiger partial charge on any atom is -0.481 e. The molecule has 26 heavy (non-hydrogen) atoms. The van der Waals surface area contributed by atoms with Crippen molar-refractivity contribution < 1.29 is 9.90 Å². The fourth-order valence-corrected chi connectivity index (χ4v) is 4.45. The van der Waals surface area contributed by atoms with Gasteiger partial charge in [0, 0.05) is 34.0 Å². The lowest BCUT2D eigenvalue weighted by Crippen LogP contribution is -2.17. The molecule has 1 aliphatic rings. The van der Waals surface area contributed by atoms with Gasteiger partial charge in [0.15, 0.2) is 0 Å². The van der Waals surface area contributed by atoms with Crippen molar-refractivity contribution in [3.63, 3.8) is 0 Å². The van der Waals surface area contributed by atoms with E-state index in [0.29, 0.717) is 11.3 Å². The summed E-state index contributed by atoms with van der Waals surface area (Å²) in [7, 11) is 0. The van der Waals surface area contributed by atoms with E-state index in [9.17, 15) is 15.2 Å². The number of aliphatic carboxylic acids is 1. The lowest BCUT2D eigenvalue weighted by atomic mass is 9.96. The molecule has 4 nitrogen and oxygen atoms in total. The van der Waals surface area contributed by atoms with Gasteiger partial charge in [0.2, 0.25) is 0 Å². The molecule has 0 radical (unpaired) electrons. The van der Waals surface area contributed by atoms with E-state index in [1.54, 1.807) is 18.0 Å². The van der Waals surface area contributed by atoms with E-state index in [-0.39, 0.29) is 0 Å². The van der Waals surface area contributed by atoms with Crippen LogP contribution in [0.1, 0.15) is 18.4 Å². The van der Waals surface area contributed by atoms with Crippen molar-refractivity contribution in [2.75, 3.05) is 5.75 Å². The summed E-state index contributed by atoms with van der Waals surface area (Å²) in [6.45, 7) is 0. The van der Waals surface area contributed by atoms with Gasteiger partial charge in [0.25, 0.3) is 0 Å². The number of hydrogen-bond donors (Lipinski definition) is 1. The number of rotatable bonds is 5. The van der Waals surface area contributed by atoms with Crippen LogP contribution in [-0.2, 0) is 4.79 Å². The van der Waals surface area contributed by atoms with E-state index < -0.39 is 11.4 Å². The fourth-order valence-electron chi connectivity index (χ4n) is 3.13. The molecule has 1 N–H and O–H groups in total. The Bertz CT molecular complexity index is 1050. The number of carboxylic acid groups (broad SMARTS) is 1. The Kier molecular flexibility index (Phi) is 4.14. The first-order chi connectivity index (χ1) is 12.6. The number of thioether (sulfide) groups is 1. The Hall–Kier alpha value is -2.84. The van der Waals surface area contributed by atoms with Gasteiger partial charge in [-0.1, -0.05) is 30.3 Å². The molecule has 2 aromatic carbocycles. The molecule has 1 aromatic heterocycles. The quantitative estimate of drug-likeness (QED) is 0.666. The predicted molar refractivity (Wildman–Crippen MR) is 102 cm³/mol. The number of fused-ring (bicyclic) bond motifs is 1. The fraction of sp³-hybridized carbons (Fsp3) is 0.190. The van der Waals surface area contributed by atoms with E-state index in [1.165, 1.54) is 0 Å². The monoisotopic (exact) mass is 360 g/mol. The molecule has 1 fully saturated rings. The van der Waals surface area contributed by atoms with Crippen molar-refractivity contribution in [2.24, 2.45) is 5.41 Å². The summed E-state index contributed by atoms with van der Waals surface area (Å²) in [6, 6.07) is 15.8. The molecular formula is C21H16N2O2S. The van der Waals surface area contributed by atoms with Crippen molar-refractivity contribution in [3.8, 4) is 17.2 Å². The van der Waals surface area contributed by atoms with Gasteiger partial charge in [0.1, 0.15) is 0 Å². The van der Waals surface area contributed by atoms with Gasteiger partial charge >= 0.3 is 5.97 Å². The molecule has 5 heteroatoms. The van der Waals surface area contributed by atoms with Crippen molar-refractivity contribution in [2.45, 2.75) is 17.7 Å². The topological polar surface area (TPSA) is 74.0 Å². The molecule has 0 aliphatic heterocycles. The number of aromatic nitrogens is 1. The van der Waals surface area contributed by atoms with Gasteiger partial charge < -0.3 is 5.11 Å². The van der Waals surface area contributed by atoms with Crippen LogP contribution in [0.5, 0.6) is 0 Å². The van der Waals surface area contributed by atoms with Crippen molar-refractivity contribution in [1.29, 1.82) is 5.26 Å². The Morgan fingerprint density at radius 2 is 1.92 bits per heavy atom. The SMILES string of the molecule is N#Cc1ccc(-c2cnccc2SCC2(C(=O)O)CC2)c2ccccc12. The summed E-state index contributed by atoms with van der Waals surface area (Å²) >= 11 is 1.57. The number of nitrogens with zero attached hydrogens (tertiary/aromatic N) is 2. The van der Waals surface area contributed by atoms with Crippen LogP contribution >= 0.6 is 11.8 Å². The molecular weight excluding hydrogens is 344 g/mol. The third-order valence-corrected chi connectivity index (χ3v) is 6.29. The molecule has 0 bridgehead atoms. The first-order valence-corrected chi connectivity index (χ1v) is 9.36. The number of carboxylic acids is 1. The third kappa shape index (κ3) is 2.83. The molecule has 0 amide bonds. The second-order valence-corrected chi connectivity index (χ2v) is 7.58. The average molecular weight is 360 g/mol. The van der Waals surface area contributed by atoms with Gasteiger partial charge in [-0.2, -0.15) is 5.26 Å². The summed E-state index contributed by atoms with van der Waals surface area (Å²) in [5.41, 5.74) is 2.05. The maximum absolute atomic E-state index is 11.4. The summed E-state index contributed by atoms with van der Waals surface area (Å²) in [6.07, 6.45) is 5.04. The zero-order valence-corrected chi connectivity index (χ0v) is 14.8. The lowest BCUT2D eigenvalue weighted by Gasteiger charge is -2.14. The van der Waals surface area contributed by atoms with Crippen LogP contribution in [0.3, 0.4) is 0 Å². The van der Waals surface area contributed by atoms with Crippen LogP contribution in [0.2, 0.25) is 0 Å². The van der Waals surface area contributed by atoms with Crippen molar-refractivity contribution in [1.82, 2.24) is 4.98 Å². The standard InChI is InChI=1S/C21H16N2O2S/c22-11-14-5-6-17(16-4-2-1-3-15(14)16)18-12-23-10-7-19(18)26-13-21(8-9-21)20(24)25/h1-7,10,12H,8-9,13H2,(H,24,25). The second kappa shape index (κ2) is 6.47. The summed E-state index contributed by atoms with van der Waals surface area (Å²) in [4.78, 5) is 16.7. The van der Waals surface area contributed by atoms with Crippen LogP contribution in [-0.4, -0.2) is 21.8 Å². The minimum atomic E-state index is -0.704. The van der Waals surface area contributed by atoms with E-state index in [0.717, 1.165) is 39.6 Å². The number of nitriles is 1. The van der Waals surface area contributed by atoms with Crippen LogP contribution in [0, 0.1) is 16.7 Å². The Morgan fingerprint density at radius 1 is 1.15 bits per heavy atom. The number of hydrogen-bond acceptors (Lipinski definition) is 4. The zero-order valence-electron chi connectivity index (χ0n) is 14.0. The van der Waals surface area contributed by atoms with Crippen LogP contribution in [0.15, 0.2) is 59.8 Å². The number of benzene rings is 2. The van der Waals surface area contributed by atoms with E-state index >= 15 is 0 Å². The molecule has 1 saturated carbocycles. The Labute approximate surface area is 155 Å². The van der Waals surface area contributed by atoms with Gasteiger partial charge in [-0.15, -0.1) is 11.8 Å². The molecule has 1 aliphatic carbocycles. The highest BCUT2D eigenvalue weighted by atomic mass is 32.2. The zero-order chi connectivity index (χ0) is 18.1. The molecule has 0 unspecified atom stereocenters. The normalized spacial score (nSPS) is 14.7. The van der Waals surface area contributed by atoms with E-state index in [1.807, 2.05) is 48.7 Å². The minimum absolute atomic E-state index is 0.563. The van der Waals surface area contributed by atoms with Crippen molar-refractivity contribution >= 4 is 28.5 Å². The highest BCUT2D eigenvalue weighted by Crippen LogP contribution is 2.50. The molecule has 0 saturated heterocycles. The maximum atomic E-state index is 11.4. The summed E-state index contributed by atoms with van der Waals surface area (Å²) < 4.78 is 0. The van der Waals surface area contributed by atoms with Gasteiger partial charge in [-0.05, 0) is 35.9 Å². The largest absolute Gasteiger partial charge is 0.481 e. The van der Waals surface area contributed by atoms with Gasteiger partial charge in [-0.3, -0.25) is 9.78 Å². The molecule has 128 valence electrons. The Morgan fingerprint density at radius 3 is 2.62 bits per heavy atom. The second-order valence-electron chi connectivity index (χ2n) is 6.56. The average Bonchev–Trinajstić information content (AvgIpc) is 3.47. The first-order valence-electron chi connectivity index (χ1n) is 8.37. The van der Waals surface area contributed by atoms with Crippen LogP contribution < -0.4 is 0 Å². The molecule has 3 aromatic rings. The smallest absolute Gasteiger partial charge is 0.310 e. The van der Waals surface area contributed by atoms with Crippen molar-refractivity contribution in [3.05, 3.63) is 60.4 Å². The lowest BCUT2D eigenvalue weighted by molar-refractivity contribution is -0.142. The third-order valence-electron chi connectivity index (χ3n) is 4.93. The highest BCUT2D eigenvalue weighted by molar-refractivity contribution is 7.99. The molecule has 0 spiro atoms. The van der Waals surface area contributed by atoms with E-state index in [4.69, 9.17) is 0 Å². The Balaban J connectivity index is 1.77.